The molecule has 2 amide bonds. The molecule has 0 heterocycles. The van der Waals surface area contributed by atoms with Gasteiger partial charge in [0.1, 0.15) is 0 Å². The summed E-state index contributed by atoms with van der Waals surface area (Å²) in [6, 6.07) is 7.05. The van der Waals surface area contributed by atoms with Crippen molar-refractivity contribution in [3.05, 3.63) is 35.4 Å². The van der Waals surface area contributed by atoms with Crippen LogP contribution in [-0.4, -0.2) is 24.2 Å². The second-order valence-electron chi connectivity index (χ2n) is 3.39. The number of nitrogens with one attached hydrogen (secondary N) is 3. The van der Waals surface area contributed by atoms with Crippen molar-refractivity contribution in [2.45, 2.75) is 6.92 Å². The lowest BCUT2D eigenvalue weighted by Gasteiger charge is -2.09. The van der Waals surface area contributed by atoms with Crippen molar-refractivity contribution in [2.75, 3.05) is 7.11 Å². The maximum atomic E-state index is 11.7. The second-order valence-corrected chi connectivity index (χ2v) is 3.80. The number of hydrogen-bond acceptors (Lipinski definition) is 4. The molecule has 0 saturated carbocycles. The van der Waals surface area contributed by atoms with Crippen LogP contribution < -0.4 is 16.2 Å². The number of benzene rings is 1. The molecule has 0 aliphatic rings. The summed E-state index contributed by atoms with van der Waals surface area (Å²) in [7, 11) is 1.21. The van der Waals surface area contributed by atoms with Crippen LogP contribution in [0, 0.1) is 6.92 Å². The van der Waals surface area contributed by atoms with E-state index in [-0.39, 0.29) is 11.0 Å². The highest BCUT2D eigenvalue weighted by Gasteiger charge is 2.08. The number of aryl methyl sites for hydroxylation is 1. The fraction of sp³-hybridized carbons (Fsp3) is 0.182. The zero-order valence-electron chi connectivity index (χ0n) is 9.94. The van der Waals surface area contributed by atoms with Gasteiger partial charge in [-0.2, -0.15) is 0 Å². The zero-order valence-corrected chi connectivity index (χ0v) is 10.8. The number of carbonyl (C=O) groups is 2. The van der Waals surface area contributed by atoms with Gasteiger partial charge in [0.05, 0.1) is 7.11 Å². The molecular weight excluding hydrogens is 254 g/mol. The Morgan fingerprint density at radius 1 is 1.28 bits per heavy atom. The number of hydrogen-bond donors (Lipinski definition) is 3. The summed E-state index contributed by atoms with van der Waals surface area (Å²) >= 11 is 4.82. The number of thiocarbonyl (C=S) groups is 1. The smallest absolute Gasteiger partial charge is 0.425 e. The molecule has 0 aliphatic heterocycles. The van der Waals surface area contributed by atoms with Gasteiger partial charge in [0.15, 0.2) is 5.11 Å². The van der Waals surface area contributed by atoms with Crippen molar-refractivity contribution < 1.29 is 14.3 Å². The Labute approximate surface area is 110 Å². The van der Waals surface area contributed by atoms with Gasteiger partial charge < -0.3 is 4.74 Å². The Morgan fingerprint density at radius 2 is 2.00 bits per heavy atom. The van der Waals surface area contributed by atoms with E-state index < -0.39 is 6.09 Å². The zero-order chi connectivity index (χ0) is 13.5. The Bertz CT molecular complexity index is 476. The molecule has 1 aromatic rings. The van der Waals surface area contributed by atoms with Crippen LogP contribution in [0.5, 0.6) is 0 Å². The average molecular weight is 267 g/mol. The van der Waals surface area contributed by atoms with E-state index in [0.717, 1.165) is 5.56 Å². The molecule has 6 nitrogen and oxygen atoms in total. The first kappa shape index (κ1) is 13.9. The Morgan fingerprint density at radius 3 is 2.61 bits per heavy atom. The normalized spacial score (nSPS) is 9.22. The van der Waals surface area contributed by atoms with Gasteiger partial charge in [0.25, 0.3) is 5.91 Å². The van der Waals surface area contributed by atoms with Crippen LogP contribution in [0.3, 0.4) is 0 Å². The summed E-state index contributed by atoms with van der Waals surface area (Å²) in [6.45, 7) is 1.88. The van der Waals surface area contributed by atoms with Crippen molar-refractivity contribution in [1.29, 1.82) is 0 Å². The maximum absolute atomic E-state index is 11.7. The summed E-state index contributed by atoms with van der Waals surface area (Å²) in [5.41, 5.74) is 5.91. The number of carbonyl (C=O) groups excluding carboxylic acids is 2. The van der Waals surface area contributed by atoms with Crippen molar-refractivity contribution in [2.24, 2.45) is 0 Å². The van der Waals surface area contributed by atoms with Gasteiger partial charge in [-0.1, -0.05) is 17.7 Å². The third-order valence-corrected chi connectivity index (χ3v) is 2.17. The Balaban J connectivity index is 2.50. The number of rotatable bonds is 1. The van der Waals surface area contributed by atoms with Gasteiger partial charge in [-0.05, 0) is 31.3 Å². The summed E-state index contributed by atoms with van der Waals surface area (Å²) in [5.74, 6) is -0.358. The third-order valence-electron chi connectivity index (χ3n) is 1.97. The first-order valence-corrected chi connectivity index (χ1v) is 5.45. The summed E-state index contributed by atoms with van der Waals surface area (Å²) in [5, 5.41) is 2.39. The van der Waals surface area contributed by atoms with E-state index in [1.165, 1.54) is 7.11 Å². The SMILES string of the molecule is COC(=O)NNC(=S)NC(=O)c1cccc(C)c1. The highest BCUT2D eigenvalue weighted by molar-refractivity contribution is 7.80. The fourth-order valence-corrected chi connectivity index (χ4v) is 1.30. The van der Waals surface area contributed by atoms with Crippen LogP contribution in [0.4, 0.5) is 4.79 Å². The molecule has 3 N–H and O–H groups in total. The van der Waals surface area contributed by atoms with Gasteiger partial charge in [0, 0.05) is 5.56 Å². The van der Waals surface area contributed by atoms with Crippen molar-refractivity contribution in [1.82, 2.24) is 16.2 Å². The van der Waals surface area contributed by atoms with Crippen molar-refractivity contribution >= 4 is 29.3 Å². The van der Waals surface area contributed by atoms with Crippen LogP contribution >= 0.6 is 12.2 Å². The van der Waals surface area contributed by atoms with Gasteiger partial charge in [-0.25, -0.2) is 10.2 Å². The lowest BCUT2D eigenvalue weighted by molar-refractivity contribution is 0.0975. The van der Waals surface area contributed by atoms with Crippen molar-refractivity contribution in [3.63, 3.8) is 0 Å². The molecule has 7 heteroatoms. The van der Waals surface area contributed by atoms with Crippen LogP contribution in [0.25, 0.3) is 0 Å². The molecule has 1 aromatic carbocycles. The van der Waals surface area contributed by atoms with Crippen LogP contribution in [0.15, 0.2) is 24.3 Å². The molecule has 0 unspecified atom stereocenters. The molecular formula is C11H13N3O3S. The lowest BCUT2D eigenvalue weighted by atomic mass is 10.1. The molecule has 0 fully saturated rings. The molecule has 0 radical (unpaired) electrons. The van der Waals surface area contributed by atoms with E-state index in [4.69, 9.17) is 12.2 Å². The lowest BCUT2D eigenvalue weighted by Crippen LogP contribution is -2.48. The highest BCUT2D eigenvalue weighted by Crippen LogP contribution is 2.03. The van der Waals surface area contributed by atoms with Gasteiger partial charge in [-0.15, -0.1) is 0 Å². The molecule has 96 valence electrons. The Hall–Kier alpha value is -2.15. The predicted octanol–water partition coefficient (Wildman–Crippen LogP) is 0.870. The first-order valence-electron chi connectivity index (χ1n) is 5.05. The minimum atomic E-state index is -0.706. The van der Waals surface area contributed by atoms with E-state index in [9.17, 15) is 9.59 Å². The molecule has 0 aromatic heterocycles. The largest absolute Gasteiger partial charge is 0.452 e. The molecule has 18 heavy (non-hydrogen) atoms. The topological polar surface area (TPSA) is 79.5 Å². The summed E-state index contributed by atoms with van der Waals surface area (Å²) in [6.07, 6.45) is -0.706. The van der Waals surface area contributed by atoms with Gasteiger partial charge in [-0.3, -0.25) is 15.5 Å². The molecule has 0 saturated heterocycles. The standard InChI is InChI=1S/C11H13N3O3S/c1-7-4-3-5-8(6-7)9(15)12-10(18)13-14-11(16)17-2/h3-6H,1-2H3,(H,14,16)(H2,12,13,15,18). The first-order chi connectivity index (χ1) is 8.52. The van der Waals surface area contributed by atoms with Crippen LogP contribution in [0.2, 0.25) is 0 Å². The number of ether oxygens (including phenoxy) is 1. The molecule has 1 rings (SSSR count). The van der Waals surface area contributed by atoms with Crippen LogP contribution in [0.1, 0.15) is 15.9 Å². The average Bonchev–Trinajstić information content (AvgIpc) is 2.35. The molecule has 0 bridgehead atoms. The van der Waals surface area contributed by atoms with E-state index >= 15 is 0 Å². The van der Waals surface area contributed by atoms with Gasteiger partial charge in [0.2, 0.25) is 0 Å². The monoisotopic (exact) mass is 267 g/mol. The number of amides is 2. The fourth-order valence-electron chi connectivity index (χ4n) is 1.15. The Kier molecular flexibility index (Phi) is 5.06. The highest BCUT2D eigenvalue weighted by atomic mass is 32.1. The van der Waals surface area contributed by atoms with E-state index in [1.54, 1.807) is 18.2 Å². The minimum absolute atomic E-state index is 0.0214. The van der Waals surface area contributed by atoms with E-state index in [1.807, 2.05) is 13.0 Å². The quantitative estimate of drug-likeness (QED) is 0.520. The molecule has 0 aliphatic carbocycles. The number of methoxy groups -OCH3 is 1. The molecule has 0 atom stereocenters. The van der Waals surface area contributed by atoms with E-state index in [0.29, 0.717) is 5.56 Å². The predicted molar refractivity (Wildman–Crippen MR) is 69.9 cm³/mol. The van der Waals surface area contributed by atoms with Crippen LogP contribution in [-0.2, 0) is 4.74 Å². The van der Waals surface area contributed by atoms with E-state index in [2.05, 4.69) is 20.9 Å². The summed E-state index contributed by atoms with van der Waals surface area (Å²) < 4.78 is 4.32. The summed E-state index contributed by atoms with van der Waals surface area (Å²) in [4.78, 5) is 22.5. The van der Waals surface area contributed by atoms with Gasteiger partial charge >= 0.3 is 6.09 Å². The maximum Gasteiger partial charge on any atom is 0.425 e. The third kappa shape index (κ3) is 4.38. The van der Waals surface area contributed by atoms with Crippen molar-refractivity contribution in [3.8, 4) is 0 Å². The minimum Gasteiger partial charge on any atom is -0.452 e. The number of hydrazine groups is 1. The molecule has 0 spiro atoms. The second kappa shape index (κ2) is 6.55.